The van der Waals surface area contributed by atoms with Crippen LogP contribution in [0, 0.1) is 6.92 Å². The molecule has 0 spiro atoms. The minimum atomic E-state index is -4.59. The lowest BCUT2D eigenvalue weighted by Crippen LogP contribution is -2.24. The highest BCUT2D eigenvalue weighted by Gasteiger charge is 2.35. The van der Waals surface area contributed by atoms with Crippen LogP contribution < -0.4 is 0 Å². The Hall–Kier alpha value is -2.31. The number of benzene rings is 2. The first-order valence-corrected chi connectivity index (χ1v) is 7.56. The van der Waals surface area contributed by atoms with Gasteiger partial charge in [0.1, 0.15) is 4.90 Å². The SMILES string of the molecule is Cc1ccc(S(=O)(=O)O)c2c1C(=O)c1ccccc1C2=O. The minimum absolute atomic E-state index is 0.0359. The quantitative estimate of drug-likeness (QED) is 0.695. The lowest BCUT2D eigenvalue weighted by atomic mass is 9.82. The summed E-state index contributed by atoms with van der Waals surface area (Å²) in [7, 11) is -4.59. The molecule has 2 aromatic carbocycles. The standard InChI is InChI=1S/C15H10O5S/c1-8-6-7-11(21(18,19)20)13-12(8)14(16)9-4-2-3-5-10(9)15(13)17/h2-7H,1H3,(H,18,19,20). The summed E-state index contributed by atoms with van der Waals surface area (Å²) in [5, 5.41) is 0. The van der Waals surface area contributed by atoms with Crippen LogP contribution in [-0.2, 0) is 10.1 Å². The molecular formula is C15H10O5S. The lowest BCUT2D eigenvalue weighted by molar-refractivity contribution is 0.0976. The number of ketones is 2. The maximum Gasteiger partial charge on any atom is 0.295 e. The van der Waals surface area contributed by atoms with E-state index in [4.69, 9.17) is 0 Å². The van der Waals surface area contributed by atoms with Gasteiger partial charge in [0.2, 0.25) is 0 Å². The monoisotopic (exact) mass is 302 g/mol. The molecule has 0 aromatic heterocycles. The maximum atomic E-state index is 12.5. The van der Waals surface area contributed by atoms with Crippen LogP contribution in [0.5, 0.6) is 0 Å². The molecule has 0 amide bonds. The number of fused-ring (bicyclic) bond motifs is 2. The predicted octanol–water partition coefficient (Wildman–Crippen LogP) is 2.02. The molecule has 0 heterocycles. The van der Waals surface area contributed by atoms with Gasteiger partial charge in [-0.05, 0) is 18.6 Å². The van der Waals surface area contributed by atoms with E-state index < -0.39 is 26.6 Å². The highest BCUT2D eigenvalue weighted by atomic mass is 32.2. The van der Waals surface area contributed by atoms with E-state index in [-0.39, 0.29) is 22.3 Å². The van der Waals surface area contributed by atoms with Crippen LogP contribution in [0.3, 0.4) is 0 Å². The lowest BCUT2D eigenvalue weighted by Gasteiger charge is -2.20. The normalized spacial score (nSPS) is 13.8. The fourth-order valence-electron chi connectivity index (χ4n) is 2.57. The zero-order valence-electron chi connectivity index (χ0n) is 11.0. The molecule has 3 rings (SSSR count). The Morgan fingerprint density at radius 3 is 1.90 bits per heavy atom. The van der Waals surface area contributed by atoms with Crippen molar-refractivity contribution in [2.45, 2.75) is 11.8 Å². The third-order valence-electron chi connectivity index (χ3n) is 3.52. The Balaban J connectivity index is 2.46. The fraction of sp³-hybridized carbons (Fsp3) is 0.0667. The summed E-state index contributed by atoms with van der Waals surface area (Å²) in [4.78, 5) is 24.5. The summed E-state index contributed by atoms with van der Waals surface area (Å²) in [6.07, 6.45) is 0. The van der Waals surface area contributed by atoms with Gasteiger partial charge in [-0.1, -0.05) is 30.3 Å². The van der Waals surface area contributed by atoms with Crippen molar-refractivity contribution in [3.63, 3.8) is 0 Å². The Morgan fingerprint density at radius 1 is 0.857 bits per heavy atom. The molecule has 0 bridgehead atoms. The third-order valence-corrected chi connectivity index (χ3v) is 4.42. The zero-order valence-corrected chi connectivity index (χ0v) is 11.8. The smallest absolute Gasteiger partial charge is 0.289 e. The van der Waals surface area contributed by atoms with Crippen molar-refractivity contribution in [3.8, 4) is 0 Å². The van der Waals surface area contributed by atoms with Crippen molar-refractivity contribution >= 4 is 21.7 Å². The van der Waals surface area contributed by atoms with E-state index in [0.29, 0.717) is 5.56 Å². The van der Waals surface area contributed by atoms with Crippen LogP contribution in [0.15, 0.2) is 41.3 Å². The molecule has 0 saturated carbocycles. The maximum absolute atomic E-state index is 12.5. The number of carbonyl (C=O) groups is 2. The molecule has 0 unspecified atom stereocenters. The summed E-state index contributed by atoms with van der Waals surface area (Å²) in [6.45, 7) is 1.62. The summed E-state index contributed by atoms with van der Waals surface area (Å²) >= 11 is 0. The first-order chi connectivity index (χ1) is 9.82. The van der Waals surface area contributed by atoms with E-state index in [9.17, 15) is 22.6 Å². The van der Waals surface area contributed by atoms with Gasteiger partial charge in [0.25, 0.3) is 10.1 Å². The first-order valence-electron chi connectivity index (χ1n) is 6.12. The van der Waals surface area contributed by atoms with Gasteiger partial charge in [-0.15, -0.1) is 0 Å². The number of carbonyl (C=O) groups excluding carboxylic acids is 2. The van der Waals surface area contributed by atoms with Gasteiger partial charge >= 0.3 is 0 Å². The molecule has 0 fully saturated rings. The molecule has 2 aromatic rings. The second-order valence-electron chi connectivity index (χ2n) is 4.81. The first kappa shape index (κ1) is 13.7. The number of hydrogen-bond donors (Lipinski definition) is 1. The van der Waals surface area contributed by atoms with Crippen molar-refractivity contribution < 1.29 is 22.6 Å². The van der Waals surface area contributed by atoms with Crippen molar-refractivity contribution in [3.05, 3.63) is 64.2 Å². The van der Waals surface area contributed by atoms with E-state index in [2.05, 4.69) is 0 Å². The molecule has 0 radical (unpaired) electrons. The number of aryl methyl sites for hydroxylation is 1. The van der Waals surface area contributed by atoms with Crippen molar-refractivity contribution in [2.75, 3.05) is 0 Å². The van der Waals surface area contributed by atoms with E-state index in [1.165, 1.54) is 18.2 Å². The van der Waals surface area contributed by atoms with Crippen LogP contribution in [-0.4, -0.2) is 24.5 Å². The zero-order chi connectivity index (χ0) is 15.4. The molecule has 106 valence electrons. The predicted molar refractivity (Wildman–Crippen MR) is 74.3 cm³/mol. The molecular weight excluding hydrogens is 292 g/mol. The van der Waals surface area contributed by atoms with Gasteiger partial charge in [-0.3, -0.25) is 14.1 Å². The molecule has 0 atom stereocenters. The average Bonchev–Trinajstić information content (AvgIpc) is 2.43. The van der Waals surface area contributed by atoms with Gasteiger partial charge in [0.05, 0.1) is 5.56 Å². The van der Waals surface area contributed by atoms with Crippen LogP contribution >= 0.6 is 0 Å². The molecule has 6 heteroatoms. The molecule has 0 aliphatic heterocycles. The van der Waals surface area contributed by atoms with Crippen molar-refractivity contribution in [1.82, 2.24) is 0 Å². The Bertz CT molecular complexity index is 910. The van der Waals surface area contributed by atoms with Gasteiger partial charge in [0.15, 0.2) is 11.6 Å². The molecule has 21 heavy (non-hydrogen) atoms. The van der Waals surface area contributed by atoms with Gasteiger partial charge in [0, 0.05) is 16.7 Å². The van der Waals surface area contributed by atoms with Gasteiger partial charge in [-0.2, -0.15) is 8.42 Å². The van der Waals surface area contributed by atoms with Crippen LogP contribution in [0.2, 0.25) is 0 Å². The van der Waals surface area contributed by atoms with E-state index >= 15 is 0 Å². The van der Waals surface area contributed by atoms with Crippen LogP contribution in [0.25, 0.3) is 0 Å². The second-order valence-corrected chi connectivity index (χ2v) is 6.20. The van der Waals surface area contributed by atoms with E-state index in [1.54, 1.807) is 19.1 Å². The third kappa shape index (κ3) is 1.91. The van der Waals surface area contributed by atoms with Gasteiger partial charge in [-0.25, -0.2) is 0 Å². The van der Waals surface area contributed by atoms with Crippen LogP contribution in [0.4, 0.5) is 0 Å². The Kier molecular flexibility index (Phi) is 2.82. The molecule has 1 aliphatic rings. The summed E-state index contributed by atoms with van der Waals surface area (Å²) in [6, 6.07) is 8.77. The van der Waals surface area contributed by atoms with Crippen molar-refractivity contribution in [1.29, 1.82) is 0 Å². The molecule has 0 saturated heterocycles. The van der Waals surface area contributed by atoms with Crippen LogP contribution in [0.1, 0.15) is 37.4 Å². The highest BCUT2D eigenvalue weighted by molar-refractivity contribution is 7.86. The van der Waals surface area contributed by atoms with E-state index in [0.717, 1.165) is 6.07 Å². The Morgan fingerprint density at radius 2 is 1.38 bits per heavy atom. The minimum Gasteiger partial charge on any atom is -0.289 e. The van der Waals surface area contributed by atoms with Gasteiger partial charge < -0.3 is 0 Å². The highest BCUT2D eigenvalue weighted by Crippen LogP contribution is 2.33. The molecule has 5 nitrogen and oxygen atoms in total. The molecule has 1 N–H and O–H groups in total. The Labute approximate surface area is 121 Å². The topological polar surface area (TPSA) is 88.5 Å². The number of rotatable bonds is 1. The summed E-state index contributed by atoms with van der Waals surface area (Å²) in [5.74, 6) is -0.986. The molecule has 1 aliphatic carbocycles. The van der Waals surface area contributed by atoms with E-state index in [1.807, 2.05) is 0 Å². The summed E-state index contributed by atoms with van der Waals surface area (Å²) < 4.78 is 32.2. The average molecular weight is 302 g/mol. The summed E-state index contributed by atoms with van der Waals surface area (Å²) in [5.41, 5.74) is 0.663. The number of hydrogen-bond acceptors (Lipinski definition) is 4. The second kappa shape index (κ2) is 4.34. The largest absolute Gasteiger partial charge is 0.295 e. The van der Waals surface area contributed by atoms with Crippen molar-refractivity contribution in [2.24, 2.45) is 0 Å². The fourth-order valence-corrected chi connectivity index (χ4v) is 3.26.